The molecule has 0 aliphatic heterocycles. The summed E-state index contributed by atoms with van der Waals surface area (Å²) in [5.41, 5.74) is 1.59. The van der Waals surface area contributed by atoms with Gasteiger partial charge in [0.25, 0.3) is 0 Å². The fraction of sp³-hybridized carbons (Fsp3) is 0.333. The molecule has 1 aromatic carbocycles. The summed E-state index contributed by atoms with van der Waals surface area (Å²) in [5, 5.41) is 23.0. The fourth-order valence-electron chi connectivity index (χ4n) is 1.69. The molecule has 0 atom stereocenters. The van der Waals surface area contributed by atoms with Crippen LogP contribution in [0.4, 0.5) is 5.69 Å². The van der Waals surface area contributed by atoms with E-state index in [0.29, 0.717) is 18.8 Å². The SMILES string of the molecule is CC(=O)Nc1ccc(-c2nnnn2CCCO)cc1. The van der Waals surface area contributed by atoms with Crippen LogP contribution in [0.1, 0.15) is 13.3 Å². The Bertz CT molecular complexity index is 550. The maximum absolute atomic E-state index is 10.9. The molecule has 2 rings (SSSR count). The lowest BCUT2D eigenvalue weighted by Crippen LogP contribution is -2.06. The molecule has 0 aliphatic carbocycles. The van der Waals surface area contributed by atoms with Crippen molar-refractivity contribution in [2.45, 2.75) is 19.9 Å². The number of aromatic nitrogens is 4. The van der Waals surface area contributed by atoms with Crippen LogP contribution in [0.2, 0.25) is 0 Å². The Kier molecular flexibility index (Phi) is 4.19. The predicted octanol–water partition coefficient (Wildman–Crippen LogP) is 0.681. The molecule has 100 valence electrons. The molecule has 0 unspecified atom stereocenters. The van der Waals surface area contributed by atoms with Gasteiger partial charge in [-0.1, -0.05) is 0 Å². The van der Waals surface area contributed by atoms with E-state index in [1.807, 2.05) is 12.1 Å². The largest absolute Gasteiger partial charge is 0.396 e. The molecule has 2 N–H and O–H groups in total. The smallest absolute Gasteiger partial charge is 0.221 e. The van der Waals surface area contributed by atoms with Crippen molar-refractivity contribution in [2.24, 2.45) is 0 Å². The number of carbonyl (C=O) groups excluding carboxylic acids is 1. The highest BCUT2D eigenvalue weighted by Crippen LogP contribution is 2.18. The van der Waals surface area contributed by atoms with Gasteiger partial charge in [0.05, 0.1) is 0 Å². The Balaban J connectivity index is 2.17. The first-order chi connectivity index (χ1) is 9.20. The molecule has 0 fully saturated rings. The summed E-state index contributed by atoms with van der Waals surface area (Å²) in [6.45, 7) is 2.12. The lowest BCUT2D eigenvalue weighted by atomic mass is 10.2. The highest BCUT2D eigenvalue weighted by molar-refractivity contribution is 5.88. The number of hydrogen-bond donors (Lipinski definition) is 2. The number of aliphatic hydroxyl groups excluding tert-OH is 1. The van der Waals surface area contributed by atoms with Gasteiger partial charge in [0.15, 0.2) is 5.82 Å². The van der Waals surface area contributed by atoms with Gasteiger partial charge >= 0.3 is 0 Å². The third kappa shape index (κ3) is 3.35. The molecule has 1 amide bonds. The molecule has 0 saturated carbocycles. The molecule has 0 radical (unpaired) electrons. The zero-order valence-corrected chi connectivity index (χ0v) is 10.6. The molecule has 1 heterocycles. The minimum atomic E-state index is -0.111. The van der Waals surface area contributed by atoms with Crippen molar-refractivity contribution in [3.8, 4) is 11.4 Å². The van der Waals surface area contributed by atoms with Gasteiger partial charge in [0.1, 0.15) is 0 Å². The normalized spacial score (nSPS) is 10.4. The van der Waals surface area contributed by atoms with E-state index >= 15 is 0 Å². The van der Waals surface area contributed by atoms with E-state index in [4.69, 9.17) is 5.11 Å². The van der Waals surface area contributed by atoms with Gasteiger partial charge in [0.2, 0.25) is 5.91 Å². The lowest BCUT2D eigenvalue weighted by Gasteiger charge is -2.05. The van der Waals surface area contributed by atoms with Gasteiger partial charge in [-0.3, -0.25) is 4.79 Å². The van der Waals surface area contributed by atoms with Crippen LogP contribution in [0.3, 0.4) is 0 Å². The Hall–Kier alpha value is -2.28. The molecular weight excluding hydrogens is 246 g/mol. The average Bonchev–Trinajstić information content (AvgIpc) is 2.85. The highest BCUT2D eigenvalue weighted by Gasteiger charge is 2.08. The van der Waals surface area contributed by atoms with Crippen molar-refractivity contribution in [3.63, 3.8) is 0 Å². The standard InChI is InChI=1S/C12H15N5O2/c1-9(19)13-11-5-3-10(4-6-11)12-14-15-16-17(12)7-2-8-18/h3-6,18H,2,7-8H2,1H3,(H,13,19). The number of amides is 1. The topological polar surface area (TPSA) is 92.9 Å². The fourth-order valence-corrected chi connectivity index (χ4v) is 1.69. The number of hydrogen-bond acceptors (Lipinski definition) is 5. The summed E-state index contributed by atoms with van der Waals surface area (Å²) in [7, 11) is 0. The summed E-state index contributed by atoms with van der Waals surface area (Å²) >= 11 is 0. The Morgan fingerprint density at radius 1 is 1.37 bits per heavy atom. The summed E-state index contributed by atoms with van der Waals surface area (Å²) in [4.78, 5) is 10.9. The highest BCUT2D eigenvalue weighted by atomic mass is 16.3. The first-order valence-corrected chi connectivity index (χ1v) is 5.96. The first-order valence-electron chi connectivity index (χ1n) is 5.96. The summed E-state index contributed by atoms with van der Waals surface area (Å²) < 4.78 is 1.64. The third-order valence-corrected chi connectivity index (χ3v) is 2.52. The lowest BCUT2D eigenvalue weighted by molar-refractivity contribution is -0.114. The maximum atomic E-state index is 10.9. The zero-order chi connectivity index (χ0) is 13.7. The molecular formula is C12H15N5O2. The van der Waals surface area contributed by atoms with Crippen LogP contribution in [0.25, 0.3) is 11.4 Å². The monoisotopic (exact) mass is 261 g/mol. The molecule has 19 heavy (non-hydrogen) atoms. The first kappa shape index (κ1) is 13.2. The van der Waals surface area contributed by atoms with Gasteiger partial charge in [0, 0.05) is 31.3 Å². The number of anilines is 1. The number of aliphatic hydroxyl groups is 1. The van der Waals surface area contributed by atoms with Crippen LogP contribution >= 0.6 is 0 Å². The van der Waals surface area contributed by atoms with E-state index in [1.165, 1.54) is 6.92 Å². The van der Waals surface area contributed by atoms with E-state index in [-0.39, 0.29) is 12.5 Å². The molecule has 1 aromatic heterocycles. The van der Waals surface area contributed by atoms with Gasteiger partial charge in [-0.15, -0.1) is 5.10 Å². The van der Waals surface area contributed by atoms with Gasteiger partial charge in [-0.05, 0) is 41.1 Å². The van der Waals surface area contributed by atoms with Crippen molar-refractivity contribution in [2.75, 3.05) is 11.9 Å². The van der Waals surface area contributed by atoms with Crippen molar-refractivity contribution >= 4 is 11.6 Å². The van der Waals surface area contributed by atoms with E-state index < -0.39 is 0 Å². The van der Waals surface area contributed by atoms with E-state index in [2.05, 4.69) is 20.8 Å². The molecule has 0 spiro atoms. The van der Waals surface area contributed by atoms with Crippen LogP contribution in [0.5, 0.6) is 0 Å². The number of tetrazole rings is 1. The average molecular weight is 261 g/mol. The number of rotatable bonds is 5. The molecule has 7 nitrogen and oxygen atoms in total. The van der Waals surface area contributed by atoms with Crippen LogP contribution in [-0.4, -0.2) is 37.8 Å². The molecule has 0 bridgehead atoms. The second kappa shape index (κ2) is 6.05. The van der Waals surface area contributed by atoms with Crippen molar-refractivity contribution in [1.82, 2.24) is 20.2 Å². The number of nitrogens with zero attached hydrogens (tertiary/aromatic N) is 4. The Morgan fingerprint density at radius 2 is 2.11 bits per heavy atom. The van der Waals surface area contributed by atoms with Gasteiger partial charge in [-0.2, -0.15) is 0 Å². The molecule has 2 aromatic rings. The third-order valence-electron chi connectivity index (χ3n) is 2.52. The minimum absolute atomic E-state index is 0.0980. The second-order valence-electron chi connectivity index (χ2n) is 4.06. The Morgan fingerprint density at radius 3 is 2.74 bits per heavy atom. The number of benzene rings is 1. The molecule has 7 heteroatoms. The minimum Gasteiger partial charge on any atom is -0.396 e. The van der Waals surface area contributed by atoms with Crippen molar-refractivity contribution < 1.29 is 9.90 Å². The van der Waals surface area contributed by atoms with Crippen molar-refractivity contribution in [3.05, 3.63) is 24.3 Å². The van der Waals surface area contributed by atoms with Crippen LogP contribution in [0.15, 0.2) is 24.3 Å². The number of carbonyl (C=O) groups is 1. The summed E-state index contributed by atoms with van der Waals surface area (Å²) in [6, 6.07) is 7.27. The quantitative estimate of drug-likeness (QED) is 0.825. The van der Waals surface area contributed by atoms with Crippen LogP contribution in [0, 0.1) is 0 Å². The van der Waals surface area contributed by atoms with E-state index in [9.17, 15) is 4.79 Å². The predicted molar refractivity (Wildman–Crippen MR) is 69.3 cm³/mol. The van der Waals surface area contributed by atoms with E-state index in [1.54, 1.807) is 16.8 Å². The van der Waals surface area contributed by atoms with Crippen LogP contribution < -0.4 is 5.32 Å². The van der Waals surface area contributed by atoms with Gasteiger partial charge < -0.3 is 10.4 Å². The zero-order valence-electron chi connectivity index (χ0n) is 10.6. The van der Waals surface area contributed by atoms with Crippen LogP contribution in [-0.2, 0) is 11.3 Å². The maximum Gasteiger partial charge on any atom is 0.221 e. The number of aryl methyl sites for hydroxylation is 1. The molecule has 0 saturated heterocycles. The van der Waals surface area contributed by atoms with Gasteiger partial charge in [-0.25, -0.2) is 4.68 Å². The second-order valence-corrected chi connectivity index (χ2v) is 4.06. The summed E-state index contributed by atoms with van der Waals surface area (Å²) in [5.74, 6) is 0.531. The summed E-state index contributed by atoms with van der Waals surface area (Å²) in [6.07, 6.45) is 0.599. The van der Waals surface area contributed by atoms with E-state index in [0.717, 1.165) is 11.3 Å². The number of nitrogens with one attached hydrogen (secondary N) is 1. The molecule has 0 aliphatic rings. The van der Waals surface area contributed by atoms with Crippen molar-refractivity contribution in [1.29, 1.82) is 0 Å². The Labute approximate surface area is 110 Å².